The van der Waals surface area contributed by atoms with E-state index in [0.717, 1.165) is 29.8 Å². The van der Waals surface area contributed by atoms with E-state index in [4.69, 9.17) is 9.47 Å². The number of aliphatic imine (C=N–C) groups is 1. The van der Waals surface area contributed by atoms with Crippen molar-refractivity contribution in [2.45, 2.75) is 33.0 Å². The van der Waals surface area contributed by atoms with Gasteiger partial charge < -0.3 is 25.2 Å². The maximum absolute atomic E-state index is 10.1. The summed E-state index contributed by atoms with van der Waals surface area (Å²) in [7, 11) is 1.69. The van der Waals surface area contributed by atoms with Gasteiger partial charge in [-0.25, -0.2) is 0 Å². The molecular formula is C23H33N3O3. The molecule has 158 valence electrons. The normalized spacial score (nSPS) is 12.5. The van der Waals surface area contributed by atoms with Crippen molar-refractivity contribution in [3.8, 4) is 5.75 Å². The number of aliphatic hydroxyl groups is 1. The van der Waals surface area contributed by atoms with Gasteiger partial charge in [0.25, 0.3) is 0 Å². The second kappa shape index (κ2) is 12.8. The predicted octanol–water partition coefficient (Wildman–Crippen LogP) is 2.68. The van der Waals surface area contributed by atoms with Crippen molar-refractivity contribution in [2.75, 3.05) is 33.4 Å². The number of nitrogens with zero attached hydrogens (tertiary/aromatic N) is 1. The summed E-state index contributed by atoms with van der Waals surface area (Å²) < 4.78 is 11.0. The lowest BCUT2D eigenvalue weighted by atomic mass is 10.1. The third-order valence-corrected chi connectivity index (χ3v) is 4.35. The third kappa shape index (κ3) is 8.54. The number of ether oxygens (including phenoxy) is 2. The van der Waals surface area contributed by atoms with Gasteiger partial charge in [0.15, 0.2) is 5.96 Å². The largest absolute Gasteiger partial charge is 0.496 e. The van der Waals surface area contributed by atoms with Gasteiger partial charge in [0.2, 0.25) is 0 Å². The average molecular weight is 400 g/mol. The molecule has 0 saturated carbocycles. The first-order valence-corrected chi connectivity index (χ1v) is 10.1. The molecule has 0 aliphatic carbocycles. The first kappa shape index (κ1) is 22.7. The van der Waals surface area contributed by atoms with Crippen LogP contribution in [0.2, 0.25) is 0 Å². The molecule has 0 aromatic heterocycles. The van der Waals surface area contributed by atoms with Crippen molar-refractivity contribution >= 4 is 5.96 Å². The van der Waals surface area contributed by atoms with Crippen molar-refractivity contribution in [1.82, 2.24) is 10.6 Å². The molecule has 0 bridgehead atoms. The van der Waals surface area contributed by atoms with Crippen LogP contribution in [-0.2, 0) is 17.8 Å². The summed E-state index contributed by atoms with van der Waals surface area (Å²) in [6.45, 7) is 6.56. The van der Waals surface area contributed by atoms with E-state index in [1.165, 1.54) is 5.56 Å². The van der Waals surface area contributed by atoms with E-state index >= 15 is 0 Å². The van der Waals surface area contributed by atoms with Crippen molar-refractivity contribution < 1.29 is 14.6 Å². The van der Waals surface area contributed by atoms with Gasteiger partial charge in [0.05, 0.1) is 33.0 Å². The first-order chi connectivity index (χ1) is 14.1. The van der Waals surface area contributed by atoms with Crippen LogP contribution in [0.1, 0.15) is 23.6 Å². The molecule has 0 aliphatic rings. The second-order valence-corrected chi connectivity index (χ2v) is 6.87. The number of hydrogen-bond donors (Lipinski definition) is 3. The van der Waals surface area contributed by atoms with Crippen molar-refractivity contribution in [1.29, 1.82) is 0 Å². The summed E-state index contributed by atoms with van der Waals surface area (Å²) in [6.07, 6.45) is 0.170. The van der Waals surface area contributed by atoms with Crippen LogP contribution in [-0.4, -0.2) is 50.5 Å². The van der Waals surface area contributed by atoms with E-state index in [2.05, 4.69) is 28.6 Å². The van der Waals surface area contributed by atoms with Gasteiger partial charge >= 0.3 is 0 Å². The van der Waals surface area contributed by atoms with Crippen LogP contribution < -0.4 is 15.4 Å². The van der Waals surface area contributed by atoms with E-state index in [1.54, 1.807) is 7.11 Å². The fourth-order valence-electron chi connectivity index (χ4n) is 2.90. The van der Waals surface area contributed by atoms with Crippen LogP contribution in [0.15, 0.2) is 53.5 Å². The van der Waals surface area contributed by atoms with Crippen LogP contribution in [0.4, 0.5) is 0 Å². The number of nitrogens with one attached hydrogen (secondary N) is 2. The molecule has 6 nitrogen and oxygen atoms in total. The van der Waals surface area contributed by atoms with Gasteiger partial charge in [-0.15, -0.1) is 0 Å². The Morgan fingerprint density at radius 2 is 1.93 bits per heavy atom. The molecule has 2 rings (SSSR count). The van der Waals surface area contributed by atoms with Crippen LogP contribution >= 0.6 is 0 Å². The molecule has 1 unspecified atom stereocenters. The Morgan fingerprint density at radius 1 is 1.14 bits per heavy atom. The van der Waals surface area contributed by atoms with Crippen molar-refractivity contribution in [3.63, 3.8) is 0 Å². The average Bonchev–Trinajstić information content (AvgIpc) is 2.73. The van der Waals surface area contributed by atoms with Crippen molar-refractivity contribution in [3.05, 3.63) is 65.2 Å². The zero-order valence-electron chi connectivity index (χ0n) is 17.6. The molecule has 0 fully saturated rings. The van der Waals surface area contributed by atoms with Gasteiger partial charge in [-0.1, -0.05) is 48.0 Å². The van der Waals surface area contributed by atoms with Gasteiger partial charge in [0.1, 0.15) is 5.75 Å². The summed E-state index contributed by atoms with van der Waals surface area (Å²) in [5.74, 6) is 1.58. The highest BCUT2D eigenvalue weighted by atomic mass is 16.5. The Labute approximate surface area is 174 Å². The van der Waals surface area contributed by atoms with Crippen LogP contribution in [0.5, 0.6) is 5.75 Å². The minimum Gasteiger partial charge on any atom is -0.496 e. The lowest BCUT2D eigenvalue weighted by Crippen LogP contribution is -2.39. The van der Waals surface area contributed by atoms with Gasteiger partial charge in [0, 0.05) is 13.1 Å². The van der Waals surface area contributed by atoms with Gasteiger partial charge in [-0.2, -0.15) is 0 Å². The zero-order chi connectivity index (χ0) is 20.9. The van der Waals surface area contributed by atoms with E-state index in [9.17, 15) is 5.11 Å². The first-order valence-electron chi connectivity index (χ1n) is 10.1. The summed E-state index contributed by atoms with van der Waals surface area (Å²) in [6, 6.07) is 16.1. The Bertz CT molecular complexity index is 750. The quantitative estimate of drug-likeness (QED) is 0.400. The Kier molecular flexibility index (Phi) is 10.0. The topological polar surface area (TPSA) is 75.1 Å². The molecule has 0 aliphatic heterocycles. The minimum absolute atomic E-state index is 0.248. The molecular weight excluding hydrogens is 366 g/mol. The lowest BCUT2D eigenvalue weighted by Gasteiger charge is -2.14. The number of guanidine groups is 1. The molecule has 6 heteroatoms. The van der Waals surface area contributed by atoms with E-state index in [-0.39, 0.29) is 13.2 Å². The highest BCUT2D eigenvalue weighted by Gasteiger charge is 2.07. The summed E-state index contributed by atoms with van der Waals surface area (Å²) in [5.41, 5.74) is 3.45. The number of hydrogen-bond acceptors (Lipinski definition) is 4. The summed E-state index contributed by atoms with van der Waals surface area (Å²) in [5, 5.41) is 16.7. The fraction of sp³-hybridized carbons (Fsp3) is 0.435. The maximum Gasteiger partial charge on any atom is 0.191 e. The number of methoxy groups -OCH3 is 1. The fourth-order valence-corrected chi connectivity index (χ4v) is 2.90. The number of rotatable bonds is 11. The summed E-state index contributed by atoms with van der Waals surface area (Å²) >= 11 is 0. The molecule has 3 N–H and O–H groups in total. The number of aliphatic hydroxyl groups excluding tert-OH is 1. The van der Waals surface area contributed by atoms with E-state index < -0.39 is 6.10 Å². The monoisotopic (exact) mass is 399 g/mol. The predicted molar refractivity (Wildman–Crippen MR) is 118 cm³/mol. The molecule has 0 spiro atoms. The summed E-state index contributed by atoms with van der Waals surface area (Å²) in [4.78, 5) is 4.46. The van der Waals surface area contributed by atoms with Crippen molar-refractivity contribution in [2.24, 2.45) is 4.99 Å². The Hall–Kier alpha value is -2.57. The molecule has 0 amide bonds. The third-order valence-electron chi connectivity index (χ3n) is 4.35. The smallest absolute Gasteiger partial charge is 0.191 e. The molecule has 1 atom stereocenters. The number of aryl methyl sites for hydroxylation is 1. The molecule has 29 heavy (non-hydrogen) atoms. The van der Waals surface area contributed by atoms with E-state index in [0.29, 0.717) is 19.1 Å². The van der Waals surface area contributed by atoms with Crippen LogP contribution in [0.3, 0.4) is 0 Å². The molecule has 2 aromatic carbocycles. The molecule has 0 saturated heterocycles. The van der Waals surface area contributed by atoms with Gasteiger partial charge in [-0.05, 0) is 37.5 Å². The van der Waals surface area contributed by atoms with Crippen LogP contribution in [0, 0.1) is 6.92 Å². The Morgan fingerprint density at radius 3 is 2.66 bits per heavy atom. The maximum atomic E-state index is 10.1. The number of benzene rings is 2. The molecule has 0 heterocycles. The minimum atomic E-state index is -0.647. The van der Waals surface area contributed by atoms with E-state index in [1.807, 2.05) is 49.4 Å². The molecule has 0 radical (unpaired) electrons. The highest BCUT2D eigenvalue weighted by molar-refractivity contribution is 5.79. The highest BCUT2D eigenvalue weighted by Crippen LogP contribution is 2.19. The Balaban J connectivity index is 1.77. The zero-order valence-corrected chi connectivity index (χ0v) is 17.6. The lowest BCUT2D eigenvalue weighted by molar-refractivity contribution is 0.0331. The molecule has 2 aromatic rings. The van der Waals surface area contributed by atoms with Crippen LogP contribution in [0.25, 0.3) is 0 Å². The van der Waals surface area contributed by atoms with Gasteiger partial charge in [-0.3, -0.25) is 4.99 Å². The standard InChI is InChI=1S/C23H33N3O3/c1-4-24-23(25-13-12-20-14-18(2)10-11-22(20)28-3)26-15-21(27)17-29-16-19-8-6-5-7-9-19/h5-11,14,21,27H,4,12-13,15-17H2,1-3H3,(H2,24,25,26). The second-order valence-electron chi connectivity index (χ2n) is 6.87. The SMILES string of the molecule is CCNC(=NCC(O)COCc1ccccc1)NCCc1cc(C)ccc1OC.